The summed E-state index contributed by atoms with van der Waals surface area (Å²) in [5.41, 5.74) is -0.409. The Labute approximate surface area is 103 Å². The van der Waals surface area contributed by atoms with Crippen molar-refractivity contribution in [2.24, 2.45) is 5.92 Å². The summed E-state index contributed by atoms with van der Waals surface area (Å²) in [5, 5.41) is 8.92. The number of hydrogen-bond acceptors (Lipinski definition) is 5. The summed E-state index contributed by atoms with van der Waals surface area (Å²) in [6.07, 6.45) is 3.42. The van der Waals surface area contributed by atoms with Crippen LogP contribution >= 0.6 is 0 Å². The zero-order valence-electron chi connectivity index (χ0n) is 10.0. The van der Waals surface area contributed by atoms with Crippen molar-refractivity contribution in [1.82, 2.24) is 9.97 Å². The van der Waals surface area contributed by atoms with Crippen LogP contribution in [-0.2, 0) is 4.79 Å². The Balaban J connectivity index is 2.30. The lowest BCUT2D eigenvalue weighted by atomic mass is 10.3. The first kappa shape index (κ1) is 12.4. The van der Waals surface area contributed by atoms with Crippen LogP contribution < -0.4 is 15.2 Å². The van der Waals surface area contributed by atoms with Crippen LogP contribution in [0.4, 0.5) is 5.82 Å². The van der Waals surface area contributed by atoms with E-state index in [0.29, 0.717) is 12.5 Å². The van der Waals surface area contributed by atoms with E-state index < -0.39 is 11.5 Å². The van der Waals surface area contributed by atoms with E-state index in [1.807, 2.05) is 0 Å². The van der Waals surface area contributed by atoms with Gasteiger partial charge in [0.05, 0.1) is 13.4 Å². The van der Waals surface area contributed by atoms with Gasteiger partial charge in [-0.3, -0.25) is 9.59 Å². The second-order valence-corrected chi connectivity index (χ2v) is 4.31. The molecule has 2 N–H and O–H groups in total. The number of carbonyl (C=O) groups is 1. The molecule has 1 saturated carbocycles. The number of nitrogens with one attached hydrogen (secondary N) is 1. The van der Waals surface area contributed by atoms with E-state index in [1.54, 1.807) is 4.90 Å². The lowest BCUT2D eigenvalue weighted by Gasteiger charge is -2.22. The summed E-state index contributed by atoms with van der Waals surface area (Å²) >= 11 is 0. The number of ether oxygens (including phenoxy) is 1. The molecule has 0 aliphatic heterocycles. The average Bonchev–Trinajstić information content (AvgIpc) is 3.11. The predicted octanol–water partition coefficient (Wildman–Crippen LogP) is 0.0795. The Hall–Kier alpha value is -2.05. The highest BCUT2D eigenvalue weighted by Gasteiger charge is 2.28. The lowest BCUT2D eigenvalue weighted by Crippen LogP contribution is -2.33. The van der Waals surface area contributed by atoms with Crippen LogP contribution in [0.2, 0.25) is 0 Å². The highest BCUT2D eigenvalue weighted by Crippen LogP contribution is 2.32. The number of aromatic amines is 1. The fraction of sp³-hybridized carbons (Fsp3) is 0.545. The maximum Gasteiger partial charge on any atom is 0.323 e. The lowest BCUT2D eigenvalue weighted by molar-refractivity contribution is -0.135. The summed E-state index contributed by atoms with van der Waals surface area (Å²) in [6, 6.07) is 0. The second-order valence-electron chi connectivity index (χ2n) is 4.31. The van der Waals surface area contributed by atoms with Gasteiger partial charge in [0.15, 0.2) is 5.82 Å². The Kier molecular flexibility index (Phi) is 3.50. The number of carboxylic acids is 1. The average molecular weight is 253 g/mol. The minimum atomic E-state index is -0.959. The first-order chi connectivity index (χ1) is 8.61. The Bertz CT molecular complexity index is 495. The maximum atomic E-state index is 11.6. The van der Waals surface area contributed by atoms with E-state index in [2.05, 4.69) is 9.97 Å². The highest BCUT2D eigenvalue weighted by atomic mass is 16.5. The molecule has 2 rings (SSSR count). The van der Waals surface area contributed by atoms with E-state index in [4.69, 9.17) is 9.84 Å². The molecule has 1 aromatic heterocycles. The molecule has 1 fully saturated rings. The van der Waals surface area contributed by atoms with E-state index in [9.17, 15) is 9.59 Å². The molecule has 0 saturated heterocycles. The van der Waals surface area contributed by atoms with Gasteiger partial charge in [-0.2, -0.15) is 0 Å². The minimum absolute atomic E-state index is 0.0550. The van der Waals surface area contributed by atoms with Crippen LogP contribution in [0.5, 0.6) is 5.75 Å². The van der Waals surface area contributed by atoms with Crippen molar-refractivity contribution in [2.75, 3.05) is 25.1 Å². The van der Waals surface area contributed by atoms with Crippen LogP contribution in [-0.4, -0.2) is 41.2 Å². The fourth-order valence-corrected chi connectivity index (χ4v) is 1.79. The number of anilines is 1. The zero-order valence-corrected chi connectivity index (χ0v) is 10.0. The predicted molar refractivity (Wildman–Crippen MR) is 64.0 cm³/mol. The van der Waals surface area contributed by atoms with Gasteiger partial charge in [0.1, 0.15) is 6.54 Å². The third-order valence-electron chi connectivity index (χ3n) is 2.80. The van der Waals surface area contributed by atoms with Gasteiger partial charge in [0.25, 0.3) is 5.56 Å². The molecule has 0 amide bonds. The normalized spacial score (nSPS) is 14.3. The molecule has 0 spiro atoms. The number of nitrogens with zero attached hydrogens (tertiary/aromatic N) is 2. The van der Waals surface area contributed by atoms with Gasteiger partial charge in [-0.05, 0) is 18.8 Å². The third kappa shape index (κ3) is 2.79. The number of rotatable bonds is 6. The van der Waals surface area contributed by atoms with Crippen LogP contribution in [0.25, 0.3) is 0 Å². The molecule has 98 valence electrons. The van der Waals surface area contributed by atoms with Gasteiger partial charge >= 0.3 is 5.97 Å². The number of H-pyrrole nitrogens is 1. The number of aromatic nitrogens is 2. The number of methoxy groups -OCH3 is 1. The van der Waals surface area contributed by atoms with E-state index >= 15 is 0 Å². The van der Waals surface area contributed by atoms with Crippen molar-refractivity contribution in [3.05, 3.63) is 16.7 Å². The largest absolute Gasteiger partial charge is 0.489 e. The number of carboxylic acid groups (broad SMARTS) is 1. The topological polar surface area (TPSA) is 95.5 Å². The summed E-state index contributed by atoms with van der Waals surface area (Å²) in [7, 11) is 1.37. The van der Waals surface area contributed by atoms with E-state index in [0.717, 1.165) is 12.8 Å². The fourth-order valence-electron chi connectivity index (χ4n) is 1.79. The van der Waals surface area contributed by atoms with E-state index in [1.165, 1.54) is 13.4 Å². The van der Waals surface area contributed by atoms with Gasteiger partial charge in [-0.25, -0.2) is 4.98 Å². The molecule has 1 aromatic rings. The van der Waals surface area contributed by atoms with Gasteiger partial charge in [-0.1, -0.05) is 0 Å². The molecule has 0 radical (unpaired) electrons. The molecule has 7 nitrogen and oxygen atoms in total. The monoisotopic (exact) mass is 253 g/mol. The van der Waals surface area contributed by atoms with Gasteiger partial charge < -0.3 is 19.7 Å². The van der Waals surface area contributed by atoms with Gasteiger partial charge in [0.2, 0.25) is 5.75 Å². The molecule has 0 bridgehead atoms. The van der Waals surface area contributed by atoms with Crippen molar-refractivity contribution in [3.8, 4) is 5.75 Å². The van der Waals surface area contributed by atoms with Gasteiger partial charge in [-0.15, -0.1) is 0 Å². The summed E-state index contributed by atoms with van der Waals surface area (Å²) in [6.45, 7) is 0.391. The summed E-state index contributed by atoms with van der Waals surface area (Å²) in [4.78, 5) is 30.4. The number of hydrogen-bond donors (Lipinski definition) is 2. The standard InChI is InChI=1S/C11H15N3O4/c1-18-9-10(12-6-13-11(9)17)14(5-8(15)16)4-7-2-3-7/h6-7H,2-5H2,1H3,(H,15,16)(H,12,13,17). The second kappa shape index (κ2) is 5.07. The molecule has 7 heteroatoms. The van der Waals surface area contributed by atoms with Crippen molar-refractivity contribution < 1.29 is 14.6 Å². The van der Waals surface area contributed by atoms with Crippen molar-refractivity contribution in [1.29, 1.82) is 0 Å². The van der Waals surface area contributed by atoms with Crippen LogP contribution in [0.1, 0.15) is 12.8 Å². The Morgan fingerprint density at radius 2 is 2.39 bits per heavy atom. The first-order valence-electron chi connectivity index (χ1n) is 5.70. The third-order valence-corrected chi connectivity index (χ3v) is 2.80. The van der Waals surface area contributed by atoms with Crippen LogP contribution in [0.15, 0.2) is 11.1 Å². The SMILES string of the molecule is COc1c(N(CC(=O)O)CC2CC2)nc[nH]c1=O. The molecule has 1 aliphatic carbocycles. The summed E-state index contributed by atoms with van der Waals surface area (Å²) in [5.74, 6) is -0.134. The molecule has 0 atom stereocenters. The quantitative estimate of drug-likeness (QED) is 0.745. The Morgan fingerprint density at radius 1 is 1.67 bits per heavy atom. The molecule has 1 aliphatic rings. The van der Waals surface area contributed by atoms with Crippen molar-refractivity contribution in [2.45, 2.75) is 12.8 Å². The first-order valence-corrected chi connectivity index (χ1v) is 5.70. The van der Waals surface area contributed by atoms with Crippen LogP contribution in [0, 0.1) is 5.92 Å². The summed E-state index contributed by atoms with van der Waals surface area (Å²) < 4.78 is 5.00. The molecule has 1 heterocycles. The zero-order chi connectivity index (χ0) is 13.1. The number of aliphatic carboxylic acids is 1. The van der Waals surface area contributed by atoms with Crippen molar-refractivity contribution in [3.63, 3.8) is 0 Å². The van der Waals surface area contributed by atoms with Gasteiger partial charge in [0, 0.05) is 6.54 Å². The van der Waals surface area contributed by atoms with Crippen LogP contribution in [0.3, 0.4) is 0 Å². The molecular formula is C11H15N3O4. The maximum absolute atomic E-state index is 11.6. The molecule has 0 aromatic carbocycles. The molecule has 18 heavy (non-hydrogen) atoms. The van der Waals surface area contributed by atoms with E-state index in [-0.39, 0.29) is 18.1 Å². The highest BCUT2D eigenvalue weighted by molar-refractivity contribution is 5.74. The van der Waals surface area contributed by atoms with Crippen molar-refractivity contribution >= 4 is 11.8 Å². The smallest absolute Gasteiger partial charge is 0.323 e. The Morgan fingerprint density at radius 3 is 2.94 bits per heavy atom. The molecular weight excluding hydrogens is 238 g/mol. The molecule has 0 unspecified atom stereocenters. The minimum Gasteiger partial charge on any atom is -0.489 e.